The Hall–Kier alpha value is -0.220. The van der Waals surface area contributed by atoms with Crippen molar-refractivity contribution in [3.05, 3.63) is 34.9 Å². The number of ether oxygens (including phenoxy) is 1. The fourth-order valence-corrected chi connectivity index (χ4v) is 3.84. The molecule has 0 amide bonds. The molecule has 1 fully saturated rings. The van der Waals surface area contributed by atoms with Crippen molar-refractivity contribution in [1.82, 2.24) is 0 Å². The van der Waals surface area contributed by atoms with Crippen LogP contribution >= 0.6 is 23.4 Å². The summed E-state index contributed by atoms with van der Waals surface area (Å²) in [6, 6.07) is 7.95. The van der Waals surface area contributed by atoms with Crippen LogP contribution in [0.5, 0.6) is 0 Å². The quantitative estimate of drug-likeness (QED) is 0.913. The minimum Gasteiger partial charge on any atom is -0.377 e. The van der Waals surface area contributed by atoms with E-state index in [2.05, 4.69) is 13.0 Å². The molecule has 0 spiro atoms. The molecule has 1 heterocycles. The summed E-state index contributed by atoms with van der Waals surface area (Å²) in [5.41, 5.74) is 7.02. The number of thioether (sulfide) groups is 1. The Morgan fingerprint density at radius 2 is 2.29 bits per heavy atom. The number of benzene rings is 1. The van der Waals surface area contributed by atoms with Gasteiger partial charge in [-0.25, -0.2) is 0 Å². The lowest BCUT2D eigenvalue weighted by Crippen LogP contribution is -2.19. The minimum absolute atomic E-state index is 0.262. The number of hydrogen-bond donors (Lipinski definition) is 1. The third-order valence-corrected chi connectivity index (χ3v) is 5.20. The van der Waals surface area contributed by atoms with Crippen molar-refractivity contribution in [1.29, 1.82) is 0 Å². The van der Waals surface area contributed by atoms with Gasteiger partial charge < -0.3 is 10.5 Å². The Morgan fingerprint density at radius 1 is 1.53 bits per heavy atom. The van der Waals surface area contributed by atoms with E-state index in [9.17, 15) is 0 Å². The number of rotatable bonds is 4. The van der Waals surface area contributed by atoms with E-state index in [0.717, 1.165) is 23.6 Å². The average Bonchev–Trinajstić information content (AvgIpc) is 2.73. The summed E-state index contributed by atoms with van der Waals surface area (Å²) in [6.45, 7) is 3.60. The number of nitrogens with two attached hydrogens (primary N) is 1. The molecule has 0 saturated carbocycles. The molecular formula is C13H18ClNOS. The topological polar surface area (TPSA) is 35.2 Å². The van der Waals surface area contributed by atoms with Gasteiger partial charge in [-0.05, 0) is 25.0 Å². The maximum atomic E-state index is 6.22. The predicted octanol–water partition coefficient (Wildman–Crippen LogP) is 3.25. The molecule has 1 aromatic carbocycles. The van der Waals surface area contributed by atoms with Gasteiger partial charge in [-0.1, -0.05) is 29.8 Å². The molecule has 1 aromatic rings. The molecule has 1 saturated heterocycles. The molecule has 2 rings (SSSR count). The van der Waals surface area contributed by atoms with Crippen LogP contribution in [0.4, 0.5) is 0 Å². The third-order valence-electron chi connectivity index (χ3n) is 3.11. The molecule has 0 bridgehead atoms. The van der Waals surface area contributed by atoms with Gasteiger partial charge in [0.15, 0.2) is 0 Å². The largest absolute Gasteiger partial charge is 0.377 e. The van der Waals surface area contributed by atoms with E-state index in [1.165, 1.54) is 0 Å². The molecule has 1 aliphatic rings. The second kappa shape index (κ2) is 6.10. The van der Waals surface area contributed by atoms with Crippen molar-refractivity contribution in [3.8, 4) is 0 Å². The first kappa shape index (κ1) is 13.2. The van der Waals surface area contributed by atoms with Gasteiger partial charge in [0.2, 0.25) is 0 Å². The van der Waals surface area contributed by atoms with Crippen molar-refractivity contribution < 1.29 is 4.74 Å². The Morgan fingerprint density at radius 3 is 2.88 bits per heavy atom. The van der Waals surface area contributed by atoms with Gasteiger partial charge in [0.05, 0.1) is 6.10 Å². The molecule has 2 N–H and O–H groups in total. The lowest BCUT2D eigenvalue weighted by molar-refractivity contribution is 0.127. The molecule has 3 unspecified atom stereocenters. The second-order valence-corrected chi connectivity index (χ2v) is 6.14. The van der Waals surface area contributed by atoms with Crippen molar-refractivity contribution >= 4 is 23.4 Å². The van der Waals surface area contributed by atoms with E-state index < -0.39 is 0 Å². The summed E-state index contributed by atoms with van der Waals surface area (Å²) in [6.07, 6.45) is 1.42. The van der Waals surface area contributed by atoms with E-state index in [-0.39, 0.29) is 5.25 Å². The highest BCUT2D eigenvalue weighted by Crippen LogP contribution is 2.39. The van der Waals surface area contributed by atoms with Crippen LogP contribution in [0.3, 0.4) is 0 Å². The van der Waals surface area contributed by atoms with E-state index in [1.807, 2.05) is 30.0 Å². The van der Waals surface area contributed by atoms with Crippen LogP contribution in [0.2, 0.25) is 5.02 Å². The first-order valence-electron chi connectivity index (χ1n) is 5.94. The van der Waals surface area contributed by atoms with Gasteiger partial charge in [-0.2, -0.15) is 0 Å². The Bertz CT molecular complexity index is 374. The first-order valence-corrected chi connectivity index (χ1v) is 7.26. The minimum atomic E-state index is 0.262. The summed E-state index contributed by atoms with van der Waals surface area (Å²) >= 11 is 8.11. The van der Waals surface area contributed by atoms with E-state index in [0.29, 0.717) is 17.9 Å². The summed E-state index contributed by atoms with van der Waals surface area (Å²) < 4.78 is 5.58. The molecule has 3 atom stereocenters. The van der Waals surface area contributed by atoms with Gasteiger partial charge in [-0.15, -0.1) is 11.8 Å². The molecule has 17 heavy (non-hydrogen) atoms. The van der Waals surface area contributed by atoms with Gasteiger partial charge in [0, 0.05) is 28.7 Å². The van der Waals surface area contributed by atoms with Gasteiger partial charge in [-0.3, -0.25) is 0 Å². The van der Waals surface area contributed by atoms with Gasteiger partial charge in [0.1, 0.15) is 0 Å². The highest BCUT2D eigenvalue weighted by molar-refractivity contribution is 8.00. The van der Waals surface area contributed by atoms with Crippen LogP contribution in [0, 0.1) is 0 Å². The van der Waals surface area contributed by atoms with Gasteiger partial charge >= 0.3 is 0 Å². The fraction of sp³-hybridized carbons (Fsp3) is 0.538. The summed E-state index contributed by atoms with van der Waals surface area (Å²) in [5, 5.41) is 1.60. The normalized spacial score (nSPS) is 26.1. The molecule has 0 radical (unpaired) electrons. The average molecular weight is 272 g/mol. The smallest absolute Gasteiger partial charge is 0.0666 e. The highest BCUT2D eigenvalue weighted by atomic mass is 35.5. The Labute approximate surface area is 112 Å². The standard InChI is InChI=1S/C13H18ClNOS/c1-9-12(6-7-16-9)17-13(8-15)10-4-2-3-5-11(10)14/h2-5,9,12-13H,6-8,15H2,1H3. The summed E-state index contributed by atoms with van der Waals surface area (Å²) in [4.78, 5) is 0. The molecule has 94 valence electrons. The van der Waals surface area contributed by atoms with Crippen molar-refractivity contribution in [3.63, 3.8) is 0 Å². The highest BCUT2D eigenvalue weighted by Gasteiger charge is 2.28. The van der Waals surface area contributed by atoms with Crippen molar-refractivity contribution in [2.45, 2.75) is 29.9 Å². The zero-order valence-corrected chi connectivity index (χ0v) is 11.5. The van der Waals surface area contributed by atoms with E-state index in [4.69, 9.17) is 22.1 Å². The summed E-state index contributed by atoms with van der Waals surface area (Å²) in [7, 11) is 0. The second-order valence-electron chi connectivity index (χ2n) is 4.28. The Kier molecular flexibility index (Phi) is 4.74. The third kappa shape index (κ3) is 3.16. The van der Waals surface area contributed by atoms with Crippen LogP contribution in [0.25, 0.3) is 0 Å². The molecule has 0 aromatic heterocycles. The zero-order chi connectivity index (χ0) is 12.3. The maximum Gasteiger partial charge on any atom is 0.0666 e. The van der Waals surface area contributed by atoms with Crippen molar-refractivity contribution in [2.75, 3.05) is 13.2 Å². The van der Waals surface area contributed by atoms with E-state index >= 15 is 0 Å². The first-order chi connectivity index (χ1) is 8.22. The lowest BCUT2D eigenvalue weighted by atomic mass is 10.1. The van der Waals surface area contributed by atoms with Crippen molar-refractivity contribution in [2.24, 2.45) is 5.73 Å². The SMILES string of the molecule is CC1OCCC1SC(CN)c1ccccc1Cl. The predicted molar refractivity (Wildman–Crippen MR) is 74.7 cm³/mol. The summed E-state index contributed by atoms with van der Waals surface area (Å²) in [5.74, 6) is 0. The maximum absolute atomic E-state index is 6.22. The zero-order valence-electron chi connectivity index (χ0n) is 9.93. The van der Waals surface area contributed by atoms with Crippen LogP contribution in [0.15, 0.2) is 24.3 Å². The van der Waals surface area contributed by atoms with Crippen LogP contribution in [-0.4, -0.2) is 24.5 Å². The molecule has 4 heteroatoms. The van der Waals surface area contributed by atoms with Crippen LogP contribution in [-0.2, 0) is 4.74 Å². The fourth-order valence-electron chi connectivity index (χ4n) is 2.09. The molecular weight excluding hydrogens is 254 g/mol. The number of hydrogen-bond acceptors (Lipinski definition) is 3. The van der Waals surface area contributed by atoms with E-state index in [1.54, 1.807) is 0 Å². The van der Waals surface area contributed by atoms with Crippen LogP contribution < -0.4 is 5.73 Å². The Balaban J connectivity index is 2.09. The molecule has 1 aliphatic heterocycles. The monoisotopic (exact) mass is 271 g/mol. The molecule has 0 aliphatic carbocycles. The van der Waals surface area contributed by atoms with Gasteiger partial charge in [0.25, 0.3) is 0 Å². The van der Waals surface area contributed by atoms with Crippen LogP contribution in [0.1, 0.15) is 24.2 Å². The molecule has 2 nitrogen and oxygen atoms in total. The lowest BCUT2D eigenvalue weighted by Gasteiger charge is -2.22. The number of halogens is 1.